The van der Waals surface area contributed by atoms with Gasteiger partial charge in [-0.2, -0.15) is 9.97 Å². The summed E-state index contributed by atoms with van der Waals surface area (Å²) >= 11 is 7.82. The highest BCUT2D eigenvalue weighted by Crippen LogP contribution is 2.32. The van der Waals surface area contributed by atoms with Crippen molar-refractivity contribution in [3.63, 3.8) is 0 Å². The van der Waals surface area contributed by atoms with Crippen LogP contribution in [-0.4, -0.2) is 59.2 Å². The van der Waals surface area contributed by atoms with E-state index in [0.717, 1.165) is 54.0 Å². The van der Waals surface area contributed by atoms with Crippen molar-refractivity contribution in [1.82, 2.24) is 19.9 Å². The molecule has 0 atom stereocenters. The van der Waals surface area contributed by atoms with Crippen molar-refractivity contribution in [3.05, 3.63) is 10.3 Å². The summed E-state index contributed by atoms with van der Waals surface area (Å²) in [6.07, 6.45) is 3.92. The van der Waals surface area contributed by atoms with Crippen LogP contribution in [-0.2, 0) is 11.3 Å². The van der Waals surface area contributed by atoms with E-state index >= 15 is 0 Å². The van der Waals surface area contributed by atoms with Crippen LogP contribution in [0, 0.1) is 0 Å². The Labute approximate surface area is 144 Å². The molecule has 0 saturated carbocycles. The van der Waals surface area contributed by atoms with Crippen molar-refractivity contribution >= 4 is 39.1 Å². The summed E-state index contributed by atoms with van der Waals surface area (Å²) in [5.74, 6) is 0.908. The first-order valence-corrected chi connectivity index (χ1v) is 9.37. The SMILES string of the molecule is Clc1nc(N2CCOCC2)c2sc(CN3CCCCC3)nc2n1. The second-order valence-corrected chi connectivity index (χ2v) is 7.43. The van der Waals surface area contributed by atoms with Crippen molar-refractivity contribution in [3.8, 4) is 0 Å². The smallest absolute Gasteiger partial charge is 0.226 e. The van der Waals surface area contributed by atoms with E-state index in [-0.39, 0.29) is 5.28 Å². The number of ether oxygens (including phenoxy) is 1. The van der Waals surface area contributed by atoms with Gasteiger partial charge in [0.05, 0.1) is 19.8 Å². The Bertz CT molecular complexity index is 682. The van der Waals surface area contributed by atoms with Crippen molar-refractivity contribution in [2.45, 2.75) is 25.8 Å². The van der Waals surface area contributed by atoms with Crippen molar-refractivity contribution in [2.24, 2.45) is 0 Å². The molecular formula is C15H20ClN5OS. The molecule has 4 heterocycles. The van der Waals surface area contributed by atoms with Crippen LogP contribution in [0.4, 0.5) is 5.82 Å². The summed E-state index contributed by atoms with van der Waals surface area (Å²) in [5.41, 5.74) is 0.725. The lowest BCUT2D eigenvalue weighted by molar-refractivity contribution is 0.122. The van der Waals surface area contributed by atoms with Crippen LogP contribution in [0.3, 0.4) is 0 Å². The van der Waals surface area contributed by atoms with Crippen LogP contribution in [0.15, 0.2) is 0 Å². The van der Waals surface area contributed by atoms with Gasteiger partial charge in [-0.15, -0.1) is 11.3 Å². The Morgan fingerprint density at radius 3 is 2.57 bits per heavy atom. The Morgan fingerprint density at radius 1 is 1.00 bits per heavy atom. The summed E-state index contributed by atoms with van der Waals surface area (Å²) < 4.78 is 6.48. The minimum atomic E-state index is 0.272. The molecule has 2 aliphatic heterocycles. The highest BCUT2D eigenvalue weighted by atomic mass is 35.5. The van der Waals surface area contributed by atoms with E-state index in [1.807, 2.05) is 0 Å². The van der Waals surface area contributed by atoms with Gasteiger partial charge in [0.15, 0.2) is 11.5 Å². The van der Waals surface area contributed by atoms with E-state index in [9.17, 15) is 0 Å². The predicted octanol–water partition coefficient (Wildman–Crippen LogP) is 2.56. The largest absolute Gasteiger partial charge is 0.378 e. The van der Waals surface area contributed by atoms with E-state index < -0.39 is 0 Å². The van der Waals surface area contributed by atoms with Crippen molar-refractivity contribution < 1.29 is 4.74 Å². The third kappa shape index (κ3) is 3.42. The van der Waals surface area contributed by atoms with Gasteiger partial charge in [0, 0.05) is 13.1 Å². The van der Waals surface area contributed by atoms with Gasteiger partial charge in [-0.1, -0.05) is 6.42 Å². The normalized spacial score (nSPS) is 20.3. The van der Waals surface area contributed by atoms with Crippen LogP contribution in [0.25, 0.3) is 10.3 Å². The van der Waals surface area contributed by atoms with Crippen LogP contribution in [0.5, 0.6) is 0 Å². The molecule has 0 amide bonds. The predicted molar refractivity (Wildman–Crippen MR) is 92.4 cm³/mol. The second-order valence-electron chi connectivity index (χ2n) is 6.01. The Morgan fingerprint density at radius 2 is 1.78 bits per heavy atom. The number of morpholine rings is 1. The highest BCUT2D eigenvalue weighted by molar-refractivity contribution is 7.19. The molecule has 0 aromatic carbocycles. The number of anilines is 1. The monoisotopic (exact) mass is 353 g/mol. The first-order valence-electron chi connectivity index (χ1n) is 8.17. The number of thiazole rings is 1. The van der Waals surface area contributed by atoms with Crippen molar-refractivity contribution in [1.29, 1.82) is 0 Å². The lowest BCUT2D eigenvalue weighted by atomic mass is 10.1. The first kappa shape index (κ1) is 15.5. The standard InChI is InChI=1S/C15H20ClN5OS/c16-15-18-13-12(14(19-15)21-6-8-22-9-7-21)23-11(17-13)10-20-4-2-1-3-5-20/h1-10H2. The molecule has 0 radical (unpaired) electrons. The van der Waals surface area contributed by atoms with Gasteiger partial charge in [0.2, 0.25) is 5.28 Å². The molecule has 4 rings (SSSR count). The van der Waals surface area contributed by atoms with Crippen LogP contribution >= 0.6 is 22.9 Å². The maximum atomic E-state index is 6.12. The zero-order valence-corrected chi connectivity index (χ0v) is 14.6. The lowest BCUT2D eigenvalue weighted by Crippen LogP contribution is -2.36. The molecular weight excluding hydrogens is 334 g/mol. The van der Waals surface area contributed by atoms with Gasteiger partial charge in [-0.25, -0.2) is 4.98 Å². The maximum Gasteiger partial charge on any atom is 0.226 e. The number of hydrogen-bond donors (Lipinski definition) is 0. The zero-order chi connectivity index (χ0) is 15.6. The highest BCUT2D eigenvalue weighted by Gasteiger charge is 2.21. The Kier molecular flexibility index (Phi) is 4.61. The molecule has 2 saturated heterocycles. The topological polar surface area (TPSA) is 54.4 Å². The summed E-state index contributed by atoms with van der Waals surface area (Å²) in [6.45, 7) is 6.35. The third-order valence-corrected chi connectivity index (χ3v) is 5.57. The molecule has 0 bridgehead atoms. The van der Waals surface area contributed by atoms with Gasteiger partial charge < -0.3 is 9.64 Å². The molecule has 2 aromatic rings. The number of fused-ring (bicyclic) bond motifs is 1. The van der Waals surface area contributed by atoms with E-state index in [1.165, 1.54) is 32.4 Å². The average molecular weight is 354 g/mol. The Hall–Kier alpha value is -1.02. The third-order valence-electron chi connectivity index (χ3n) is 4.37. The fraction of sp³-hybridized carbons (Fsp3) is 0.667. The van der Waals surface area contributed by atoms with E-state index in [1.54, 1.807) is 11.3 Å². The fourth-order valence-electron chi connectivity index (χ4n) is 3.19. The molecule has 0 N–H and O–H groups in total. The number of nitrogens with zero attached hydrogens (tertiary/aromatic N) is 5. The number of likely N-dealkylation sites (tertiary alicyclic amines) is 1. The van der Waals surface area contributed by atoms with Gasteiger partial charge in [-0.3, -0.25) is 4.90 Å². The van der Waals surface area contributed by atoms with Crippen molar-refractivity contribution in [2.75, 3.05) is 44.3 Å². The molecule has 0 unspecified atom stereocenters. The van der Waals surface area contributed by atoms with Gasteiger partial charge >= 0.3 is 0 Å². The minimum absolute atomic E-state index is 0.272. The zero-order valence-electron chi connectivity index (χ0n) is 13.0. The summed E-state index contributed by atoms with van der Waals surface area (Å²) in [7, 11) is 0. The quantitative estimate of drug-likeness (QED) is 0.790. The molecule has 23 heavy (non-hydrogen) atoms. The van der Waals surface area contributed by atoms with Crippen LogP contribution < -0.4 is 4.90 Å². The van der Waals surface area contributed by atoms with Crippen LogP contribution in [0.2, 0.25) is 5.28 Å². The molecule has 6 nitrogen and oxygen atoms in total. The van der Waals surface area contributed by atoms with E-state index in [4.69, 9.17) is 21.3 Å². The number of rotatable bonds is 3. The molecule has 0 spiro atoms. The molecule has 2 aliphatic rings. The molecule has 2 fully saturated rings. The summed E-state index contributed by atoms with van der Waals surface area (Å²) in [4.78, 5) is 18.2. The molecule has 124 valence electrons. The minimum Gasteiger partial charge on any atom is -0.378 e. The number of piperidine rings is 1. The van der Waals surface area contributed by atoms with Gasteiger partial charge in [0.25, 0.3) is 0 Å². The summed E-state index contributed by atoms with van der Waals surface area (Å²) in [5, 5.41) is 1.38. The average Bonchev–Trinajstić information content (AvgIpc) is 2.98. The van der Waals surface area contributed by atoms with Gasteiger partial charge in [0.1, 0.15) is 9.71 Å². The maximum absolute atomic E-state index is 6.12. The Balaban J connectivity index is 1.63. The number of aromatic nitrogens is 3. The van der Waals surface area contributed by atoms with E-state index in [0.29, 0.717) is 0 Å². The van der Waals surface area contributed by atoms with E-state index in [2.05, 4.69) is 19.8 Å². The molecule has 8 heteroatoms. The summed E-state index contributed by atoms with van der Waals surface area (Å²) in [6, 6.07) is 0. The second kappa shape index (κ2) is 6.84. The number of hydrogen-bond acceptors (Lipinski definition) is 7. The molecule has 0 aliphatic carbocycles. The fourth-order valence-corrected chi connectivity index (χ4v) is 4.42. The first-order chi connectivity index (χ1) is 11.3. The van der Waals surface area contributed by atoms with Gasteiger partial charge in [-0.05, 0) is 37.5 Å². The van der Waals surface area contributed by atoms with Crippen LogP contribution in [0.1, 0.15) is 24.3 Å². The lowest BCUT2D eigenvalue weighted by Gasteiger charge is -2.27. The number of halogens is 1. The molecule has 2 aromatic heterocycles.